The van der Waals surface area contributed by atoms with E-state index in [2.05, 4.69) is 5.32 Å². The average molecular weight is 542 g/mol. The van der Waals surface area contributed by atoms with Gasteiger partial charge in [0.05, 0.1) is 28.9 Å². The molecule has 0 spiro atoms. The predicted octanol–water partition coefficient (Wildman–Crippen LogP) is 6.29. The zero-order chi connectivity index (χ0) is 26.7. The third kappa shape index (κ3) is 5.75. The van der Waals surface area contributed by atoms with Gasteiger partial charge in [0.25, 0.3) is 12.4 Å². The molecule has 1 amide bonds. The van der Waals surface area contributed by atoms with Gasteiger partial charge in [-0.2, -0.15) is 13.2 Å². The number of ether oxygens (including phenoxy) is 1. The minimum absolute atomic E-state index is 0.0173. The zero-order valence-electron chi connectivity index (χ0n) is 20.4. The van der Waals surface area contributed by atoms with Crippen LogP contribution in [-0.2, 0) is 22.3 Å². The fourth-order valence-electron chi connectivity index (χ4n) is 4.97. The van der Waals surface area contributed by atoms with E-state index in [0.717, 1.165) is 41.2 Å². The smallest absolute Gasteiger partial charge is 0.416 e. The summed E-state index contributed by atoms with van der Waals surface area (Å²) in [6.45, 7) is 1.12. The van der Waals surface area contributed by atoms with Gasteiger partial charge < -0.3 is 14.6 Å². The number of carbonyl (C=O) groups excluding carboxylic acids is 2. The van der Waals surface area contributed by atoms with E-state index in [1.165, 1.54) is 11.3 Å². The largest absolute Gasteiger partial charge is 0.465 e. The van der Waals surface area contributed by atoms with E-state index >= 15 is 0 Å². The van der Waals surface area contributed by atoms with Crippen molar-refractivity contribution in [3.63, 3.8) is 0 Å². The van der Waals surface area contributed by atoms with Crippen LogP contribution in [0.1, 0.15) is 47.3 Å². The third-order valence-corrected chi connectivity index (χ3v) is 7.87. The van der Waals surface area contributed by atoms with Crippen molar-refractivity contribution in [3.8, 4) is 10.6 Å². The number of amides is 1. The molecule has 6 nitrogen and oxygen atoms in total. The second kappa shape index (κ2) is 11.0. The van der Waals surface area contributed by atoms with Crippen molar-refractivity contribution < 1.29 is 27.5 Å². The van der Waals surface area contributed by atoms with Crippen LogP contribution in [0.4, 0.5) is 13.2 Å². The van der Waals surface area contributed by atoms with Crippen LogP contribution in [0.2, 0.25) is 0 Å². The molecule has 2 heterocycles. The maximum absolute atomic E-state index is 13.7. The lowest BCUT2D eigenvalue weighted by Crippen LogP contribution is -2.33. The van der Waals surface area contributed by atoms with E-state index in [4.69, 9.17) is 9.72 Å². The van der Waals surface area contributed by atoms with E-state index in [1.807, 2.05) is 35.7 Å². The Hall–Kier alpha value is -3.66. The molecule has 38 heavy (non-hydrogen) atoms. The molecule has 0 radical (unpaired) electrons. The molecule has 0 bridgehead atoms. The first kappa shape index (κ1) is 26.0. The van der Waals surface area contributed by atoms with Crippen LogP contribution in [-0.4, -0.2) is 34.6 Å². The van der Waals surface area contributed by atoms with Gasteiger partial charge in [-0.1, -0.05) is 30.3 Å². The maximum Gasteiger partial charge on any atom is 0.416 e. The number of nitrogens with zero attached hydrogens (tertiary/aromatic N) is 2. The number of hydrogen-bond acceptors (Lipinski definition) is 5. The Morgan fingerprint density at radius 2 is 1.89 bits per heavy atom. The first-order valence-electron chi connectivity index (χ1n) is 12.4. The Balaban J connectivity index is 1.39. The van der Waals surface area contributed by atoms with Crippen LogP contribution in [0.15, 0.2) is 60.1 Å². The van der Waals surface area contributed by atoms with E-state index in [9.17, 15) is 22.8 Å². The van der Waals surface area contributed by atoms with Crippen LogP contribution >= 0.6 is 11.3 Å². The van der Waals surface area contributed by atoms with Crippen LogP contribution < -0.4 is 5.32 Å². The summed E-state index contributed by atoms with van der Waals surface area (Å²) < 4.78 is 47.8. The highest BCUT2D eigenvalue weighted by Crippen LogP contribution is 2.34. The quantitative estimate of drug-likeness (QED) is 0.266. The summed E-state index contributed by atoms with van der Waals surface area (Å²) in [5.74, 6) is -0.375. The summed E-state index contributed by atoms with van der Waals surface area (Å²) in [5.41, 5.74) is 1.30. The Bertz CT molecular complexity index is 1420. The van der Waals surface area contributed by atoms with Crippen LogP contribution in [0.3, 0.4) is 0 Å². The molecule has 198 valence electrons. The van der Waals surface area contributed by atoms with Crippen molar-refractivity contribution >= 4 is 34.6 Å². The number of rotatable bonds is 8. The molecule has 10 heteroatoms. The van der Waals surface area contributed by atoms with Gasteiger partial charge in [0.2, 0.25) is 0 Å². The molecule has 1 N–H and O–H groups in total. The fourth-order valence-corrected chi connectivity index (χ4v) is 5.79. The van der Waals surface area contributed by atoms with E-state index in [1.54, 1.807) is 16.8 Å². The highest BCUT2D eigenvalue weighted by Gasteiger charge is 2.33. The van der Waals surface area contributed by atoms with Crippen molar-refractivity contribution in [1.29, 1.82) is 0 Å². The van der Waals surface area contributed by atoms with Gasteiger partial charge in [-0.05, 0) is 49.8 Å². The molecular weight excluding hydrogens is 515 g/mol. The van der Waals surface area contributed by atoms with E-state index in [0.29, 0.717) is 43.3 Å². The zero-order valence-corrected chi connectivity index (χ0v) is 21.2. The highest BCUT2D eigenvalue weighted by molar-refractivity contribution is 7.13. The Morgan fingerprint density at radius 1 is 1.13 bits per heavy atom. The predicted molar refractivity (Wildman–Crippen MR) is 139 cm³/mol. The van der Waals surface area contributed by atoms with Crippen molar-refractivity contribution in [3.05, 3.63) is 76.9 Å². The number of aromatic nitrogens is 2. The number of benzene rings is 2. The standard InChI is InChI=1S/C28H26F3N3O3S/c29-28(30,31)21-12-20-10-11-34(15-22-16-38-27(33-22)19-4-2-1-3-5-19)25(20)24(13-21)26(36)32-14-18-6-8-23(9-7-18)37-17-35/h1-5,10-13,16-18,23H,6-9,14-15H2,(H,32,36). The molecule has 4 aromatic rings. The monoisotopic (exact) mass is 541 g/mol. The molecule has 2 aromatic heterocycles. The summed E-state index contributed by atoms with van der Waals surface area (Å²) in [6.07, 6.45) is -0.0667. The molecule has 1 fully saturated rings. The third-order valence-electron chi connectivity index (χ3n) is 6.93. The number of hydrogen-bond donors (Lipinski definition) is 1. The number of thiazole rings is 1. The van der Waals surface area contributed by atoms with Crippen molar-refractivity contribution in [1.82, 2.24) is 14.9 Å². The number of halogens is 3. The van der Waals surface area contributed by atoms with Crippen molar-refractivity contribution in [2.45, 2.75) is 44.5 Å². The number of alkyl halides is 3. The molecule has 2 aromatic carbocycles. The average Bonchev–Trinajstić information content (AvgIpc) is 3.55. The van der Waals surface area contributed by atoms with Gasteiger partial charge in [-0.15, -0.1) is 11.3 Å². The molecular formula is C28H26F3N3O3S. The highest BCUT2D eigenvalue weighted by atomic mass is 32.1. The summed E-state index contributed by atoms with van der Waals surface area (Å²) in [4.78, 5) is 28.5. The first-order valence-corrected chi connectivity index (χ1v) is 13.3. The summed E-state index contributed by atoms with van der Waals surface area (Å²) in [7, 11) is 0. The summed E-state index contributed by atoms with van der Waals surface area (Å²) in [5, 5.41) is 5.96. The van der Waals surface area contributed by atoms with E-state index < -0.39 is 17.6 Å². The minimum Gasteiger partial charge on any atom is -0.465 e. The number of carbonyl (C=O) groups is 2. The van der Waals surface area contributed by atoms with Gasteiger partial charge in [-0.25, -0.2) is 4.98 Å². The lowest BCUT2D eigenvalue weighted by Gasteiger charge is -2.27. The topological polar surface area (TPSA) is 73.2 Å². The Labute approximate surface area is 221 Å². The van der Waals surface area contributed by atoms with Crippen LogP contribution in [0.5, 0.6) is 0 Å². The minimum atomic E-state index is -4.58. The van der Waals surface area contributed by atoms with Crippen LogP contribution in [0.25, 0.3) is 21.5 Å². The van der Waals surface area contributed by atoms with E-state index in [-0.39, 0.29) is 17.6 Å². The molecule has 0 unspecified atom stereocenters. The molecule has 5 rings (SSSR count). The SMILES string of the molecule is O=COC1CCC(CNC(=O)c2cc(C(F)(F)F)cc3ccn(Cc4csc(-c5ccccc5)n4)c23)CC1. The molecule has 0 atom stereocenters. The van der Waals surface area contributed by atoms with Crippen molar-refractivity contribution in [2.24, 2.45) is 5.92 Å². The van der Waals surface area contributed by atoms with Gasteiger partial charge in [0, 0.05) is 29.1 Å². The second-order valence-electron chi connectivity index (χ2n) is 9.50. The van der Waals surface area contributed by atoms with Gasteiger partial charge in [-0.3, -0.25) is 9.59 Å². The number of fused-ring (bicyclic) bond motifs is 1. The number of nitrogens with one attached hydrogen (secondary N) is 1. The normalized spacial score (nSPS) is 17.9. The Kier molecular flexibility index (Phi) is 7.51. The first-order chi connectivity index (χ1) is 18.3. The fraction of sp³-hybridized carbons (Fsp3) is 0.321. The molecule has 0 saturated heterocycles. The lowest BCUT2D eigenvalue weighted by atomic mass is 9.87. The summed E-state index contributed by atoms with van der Waals surface area (Å²) >= 11 is 1.49. The molecule has 1 aliphatic carbocycles. The van der Waals surface area contributed by atoms with Crippen LogP contribution in [0, 0.1) is 5.92 Å². The molecule has 1 saturated carbocycles. The maximum atomic E-state index is 13.7. The second-order valence-corrected chi connectivity index (χ2v) is 10.4. The molecule has 1 aliphatic rings. The Morgan fingerprint density at radius 3 is 2.61 bits per heavy atom. The van der Waals surface area contributed by atoms with Gasteiger partial charge in [0.15, 0.2) is 0 Å². The lowest BCUT2D eigenvalue weighted by molar-refractivity contribution is -0.137. The summed E-state index contributed by atoms with van der Waals surface area (Å²) in [6, 6.07) is 13.3. The van der Waals surface area contributed by atoms with Crippen molar-refractivity contribution in [2.75, 3.05) is 6.54 Å². The van der Waals surface area contributed by atoms with Gasteiger partial charge in [0.1, 0.15) is 11.1 Å². The van der Waals surface area contributed by atoms with Gasteiger partial charge >= 0.3 is 6.18 Å². The molecule has 0 aliphatic heterocycles.